The molecular formula is C18H28ClNO. The van der Waals surface area contributed by atoms with Gasteiger partial charge in [-0.05, 0) is 56.3 Å². The highest BCUT2D eigenvalue weighted by Crippen LogP contribution is 2.37. The van der Waals surface area contributed by atoms with Crippen LogP contribution in [0.25, 0.3) is 0 Å². The van der Waals surface area contributed by atoms with Crippen LogP contribution in [0.4, 0.5) is 0 Å². The van der Waals surface area contributed by atoms with Crippen LogP contribution in [0.3, 0.4) is 0 Å². The maximum absolute atomic E-state index is 6.36. The number of hydrogen-bond donors (Lipinski definition) is 1. The van der Waals surface area contributed by atoms with Gasteiger partial charge in [0.1, 0.15) is 0 Å². The van der Waals surface area contributed by atoms with Gasteiger partial charge in [0.05, 0.1) is 12.2 Å². The predicted molar refractivity (Wildman–Crippen MR) is 89.8 cm³/mol. The third kappa shape index (κ3) is 4.98. The third-order valence-corrected chi connectivity index (χ3v) is 4.92. The normalized spacial score (nSPS) is 26.0. The molecule has 0 aromatic heterocycles. The van der Waals surface area contributed by atoms with E-state index in [-0.39, 0.29) is 5.60 Å². The summed E-state index contributed by atoms with van der Waals surface area (Å²) in [6.07, 6.45) is 7.62. The van der Waals surface area contributed by atoms with Crippen molar-refractivity contribution < 1.29 is 4.74 Å². The SMILES string of the molecule is CCCC1CCC(CNC)(OCc2ccc(Cl)cc2)CC1. The Hall–Kier alpha value is -0.570. The van der Waals surface area contributed by atoms with Crippen molar-refractivity contribution in [1.82, 2.24) is 5.32 Å². The first-order valence-electron chi connectivity index (χ1n) is 8.20. The zero-order valence-corrected chi connectivity index (χ0v) is 14.1. The van der Waals surface area contributed by atoms with Gasteiger partial charge in [-0.25, -0.2) is 0 Å². The summed E-state index contributed by atoms with van der Waals surface area (Å²) in [7, 11) is 2.02. The highest BCUT2D eigenvalue weighted by atomic mass is 35.5. The summed E-state index contributed by atoms with van der Waals surface area (Å²) >= 11 is 5.93. The lowest BCUT2D eigenvalue weighted by atomic mass is 9.77. The van der Waals surface area contributed by atoms with Crippen LogP contribution in [0.5, 0.6) is 0 Å². The smallest absolute Gasteiger partial charge is 0.0810 e. The van der Waals surface area contributed by atoms with Crippen LogP contribution >= 0.6 is 11.6 Å². The maximum Gasteiger partial charge on any atom is 0.0810 e. The molecule has 3 heteroatoms. The van der Waals surface area contributed by atoms with Crippen LogP contribution in [0.1, 0.15) is 51.0 Å². The van der Waals surface area contributed by atoms with Gasteiger partial charge < -0.3 is 10.1 Å². The molecule has 1 aromatic carbocycles. The summed E-state index contributed by atoms with van der Waals surface area (Å²) in [4.78, 5) is 0. The van der Waals surface area contributed by atoms with Crippen molar-refractivity contribution in [3.63, 3.8) is 0 Å². The van der Waals surface area contributed by atoms with Crippen LogP contribution in [-0.2, 0) is 11.3 Å². The summed E-state index contributed by atoms with van der Waals surface area (Å²) in [6, 6.07) is 7.97. The van der Waals surface area contributed by atoms with E-state index in [1.54, 1.807) is 0 Å². The van der Waals surface area contributed by atoms with Crippen LogP contribution in [0.2, 0.25) is 5.02 Å². The number of ether oxygens (including phenoxy) is 1. The topological polar surface area (TPSA) is 21.3 Å². The molecule has 1 N–H and O–H groups in total. The van der Waals surface area contributed by atoms with Crippen LogP contribution < -0.4 is 5.32 Å². The van der Waals surface area contributed by atoms with E-state index in [0.717, 1.165) is 17.5 Å². The van der Waals surface area contributed by atoms with Gasteiger partial charge in [0.2, 0.25) is 0 Å². The molecule has 1 aliphatic carbocycles. The Labute approximate surface area is 134 Å². The Bertz CT molecular complexity index is 410. The van der Waals surface area contributed by atoms with Gasteiger partial charge in [-0.15, -0.1) is 0 Å². The van der Waals surface area contributed by atoms with Gasteiger partial charge in [0.15, 0.2) is 0 Å². The van der Waals surface area contributed by atoms with E-state index in [2.05, 4.69) is 24.4 Å². The van der Waals surface area contributed by atoms with Crippen molar-refractivity contribution in [3.05, 3.63) is 34.9 Å². The second-order valence-corrected chi connectivity index (χ2v) is 6.80. The molecule has 0 aliphatic heterocycles. The first kappa shape index (κ1) is 16.8. The number of halogens is 1. The summed E-state index contributed by atoms with van der Waals surface area (Å²) < 4.78 is 6.36. The van der Waals surface area contributed by atoms with Crippen molar-refractivity contribution in [3.8, 4) is 0 Å². The van der Waals surface area contributed by atoms with Gasteiger partial charge in [-0.2, -0.15) is 0 Å². The van der Waals surface area contributed by atoms with E-state index < -0.39 is 0 Å². The van der Waals surface area contributed by atoms with Crippen LogP contribution in [-0.4, -0.2) is 19.2 Å². The minimum atomic E-state index is 0.0125. The molecule has 0 radical (unpaired) electrons. The van der Waals surface area contributed by atoms with Gasteiger partial charge in [-0.1, -0.05) is 43.5 Å². The molecule has 21 heavy (non-hydrogen) atoms. The van der Waals surface area contributed by atoms with Crippen LogP contribution in [0.15, 0.2) is 24.3 Å². The second-order valence-electron chi connectivity index (χ2n) is 6.36. The molecule has 0 saturated heterocycles. The standard InChI is InChI=1S/C18H28ClNO/c1-3-4-15-9-11-18(12-10-15,14-20-2)21-13-16-5-7-17(19)8-6-16/h5-8,15,20H,3-4,9-14H2,1-2H3. The number of benzene rings is 1. The summed E-state index contributed by atoms with van der Waals surface area (Å²) in [5.74, 6) is 0.902. The van der Waals surface area contributed by atoms with E-state index in [1.807, 2.05) is 19.2 Å². The number of hydrogen-bond acceptors (Lipinski definition) is 2. The van der Waals surface area contributed by atoms with Crippen molar-refractivity contribution >= 4 is 11.6 Å². The summed E-state index contributed by atoms with van der Waals surface area (Å²) in [5.41, 5.74) is 1.21. The fraction of sp³-hybridized carbons (Fsp3) is 0.667. The number of likely N-dealkylation sites (N-methyl/N-ethyl adjacent to an activating group) is 1. The van der Waals surface area contributed by atoms with Gasteiger partial charge >= 0.3 is 0 Å². The maximum atomic E-state index is 6.36. The van der Waals surface area contributed by atoms with Crippen molar-refractivity contribution in [1.29, 1.82) is 0 Å². The van der Waals surface area contributed by atoms with Gasteiger partial charge in [0, 0.05) is 11.6 Å². The zero-order valence-electron chi connectivity index (χ0n) is 13.3. The lowest BCUT2D eigenvalue weighted by Gasteiger charge is -2.40. The first-order chi connectivity index (χ1) is 10.2. The predicted octanol–water partition coefficient (Wildman–Crippen LogP) is 4.81. The van der Waals surface area contributed by atoms with Crippen LogP contribution in [0, 0.1) is 5.92 Å². The first-order valence-corrected chi connectivity index (χ1v) is 8.58. The fourth-order valence-electron chi connectivity index (χ4n) is 3.41. The Balaban J connectivity index is 1.91. The minimum absolute atomic E-state index is 0.0125. The highest BCUT2D eigenvalue weighted by molar-refractivity contribution is 6.30. The highest BCUT2D eigenvalue weighted by Gasteiger charge is 2.35. The molecule has 0 atom stereocenters. The monoisotopic (exact) mass is 309 g/mol. The van der Waals surface area contributed by atoms with E-state index in [9.17, 15) is 0 Å². The lowest BCUT2D eigenvalue weighted by molar-refractivity contribution is -0.0856. The van der Waals surface area contributed by atoms with Crippen molar-refractivity contribution in [2.75, 3.05) is 13.6 Å². The zero-order chi connectivity index (χ0) is 15.1. The number of rotatable bonds is 7. The molecule has 0 bridgehead atoms. The fourth-order valence-corrected chi connectivity index (χ4v) is 3.54. The van der Waals surface area contributed by atoms with Crippen molar-refractivity contribution in [2.45, 2.75) is 57.7 Å². The van der Waals surface area contributed by atoms with E-state index in [0.29, 0.717) is 6.61 Å². The van der Waals surface area contributed by atoms with E-state index >= 15 is 0 Å². The third-order valence-electron chi connectivity index (χ3n) is 4.67. The van der Waals surface area contributed by atoms with Gasteiger partial charge in [-0.3, -0.25) is 0 Å². The lowest BCUT2D eigenvalue weighted by Crippen LogP contribution is -2.45. The number of nitrogens with one attached hydrogen (secondary N) is 1. The molecular weight excluding hydrogens is 282 g/mol. The summed E-state index contributed by atoms with van der Waals surface area (Å²) in [6.45, 7) is 3.91. The molecule has 118 valence electrons. The minimum Gasteiger partial charge on any atom is -0.369 e. The van der Waals surface area contributed by atoms with Crippen molar-refractivity contribution in [2.24, 2.45) is 5.92 Å². The Morgan fingerprint density at radius 2 is 1.90 bits per heavy atom. The molecule has 1 aromatic rings. The van der Waals surface area contributed by atoms with Gasteiger partial charge in [0.25, 0.3) is 0 Å². The Morgan fingerprint density at radius 3 is 2.48 bits per heavy atom. The average molecular weight is 310 g/mol. The Morgan fingerprint density at radius 1 is 1.24 bits per heavy atom. The largest absolute Gasteiger partial charge is 0.369 e. The van der Waals surface area contributed by atoms with E-state index in [4.69, 9.17) is 16.3 Å². The molecule has 1 fully saturated rings. The molecule has 1 saturated carbocycles. The molecule has 2 rings (SSSR count). The molecule has 0 amide bonds. The molecule has 1 aliphatic rings. The molecule has 0 spiro atoms. The quantitative estimate of drug-likeness (QED) is 0.780. The average Bonchev–Trinajstić information content (AvgIpc) is 2.50. The van der Waals surface area contributed by atoms with E-state index in [1.165, 1.54) is 44.1 Å². The second kappa shape index (κ2) is 8.17. The Kier molecular flexibility index (Phi) is 6.53. The molecule has 2 nitrogen and oxygen atoms in total. The molecule has 0 heterocycles. The molecule has 0 unspecified atom stereocenters. The summed E-state index contributed by atoms with van der Waals surface area (Å²) in [5, 5.41) is 4.11.